The lowest BCUT2D eigenvalue weighted by molar-refractivity contribution is -0.138. The molecule has 0 unspecified atom stereocenters. The molecule has 5 nitrogen and oxygen atoms in total. The molecule has 1 aliphatic rings. The molecule has 1 aromatic heterocycles. The second-order valence-corrected chi connectivity index (χ2v) is 5.87. The van der Waals surface area contributed by atoms with Gasteiger partial charge in [0.05, 0.1) is 6.26 Å². The quantitative estimate of drug-likeness (QED) is 0.900. The summed E-state index contributed by atoms with van der Waals surface area (Å²) in [5.74, 6) is 1.22. The zero-order valence-corrected chi connectivity index (χ0v) is 12.8. The Bertz CT molecular complexity index is 460. The van der Waals surface area contributed by atoms with Gasteiger partial charge in [-0.3, -0.25) is 9.59 Å². The summed E-state index contributed by atoms with van der Waals surface area (Å²) < 4.78 is 5.23. The Kier molecular flexibility index (Phi) is 5.42. The van der Waals surface area contributed by atoms with Crippen molar-refractivity contribution in [2.45, 2.75) is 33.1 Å². The Morgan fingerprint density at radius 2 is 2.10 bits per heavy atom. The number of hydrogen-bond donors (Lipinski definition) is 1. The highest BCUT2D eigenvalue weighted by Gasteiger charge is 2.27. The first-order valence-electron chi connectivity index (χ1n) is 7.67. The minimum Gasteiger partial charge on any atom is -0.469 e. The molecule has 2 rings (SSSR count). The summed E-state index contributed by atoms with van der Waals surface area (Å²) in [6, 6.07) is 3.75. The van der Waals surface area contributed by atoms with E-state index in [0.717, 1.165) is 18.6 Å². The molecule has 0 spiro atoms. The summed E-state index contributed by atoms with van der Waals surface area (Å²) >= 11 is 0. The van der Waals surface area contributed by atoms with Crippen molar-refractivity contribution in [2.75, 3.05) is 19.6 Å². The molecule has 1 fully saturated rings. The monoisotopic (exact) mass is 292 g/mol. The van der Waals surface area contributed by atoms with Crippen LogP contribution in [0.3, 0.4) is 0 Å². The van der Waals surface area contributed by atoms with Crippen LogP contribution in [0.25, 0.3) is 0 Å². The second kappa shape index (κ2) is 7.29. The van der Waals surface area contributed by atoms with E-state index in [2.05, 4.69) is 5.32 Å². The van der Waals surface area contributed by atoms with Crippen molar-refractivity contribution in [3.8, 4) is 0 Å². The van der Waals surface area contributed by atoms with Crippen molar-refractivity contribution >= 4 is 11.8 Å². The van der Waals surface area contributed by atoms with Crippen LogP contribution in [0.5, 0.6) is 0 Å². The van der Waals surface area contributed by atoms with E-state index in [1.165, 1.54) is 0 Å². The van der Waals surface area contributed by atoms with Crippen molar-refractivity contribution in [1.29, 1.82) is 0 Å². The first-order valence-corrected chi connectivity index (χ1v) is 7.67. The third-order valence-corrected chi connectivity index (χ3v) is 3.92. The molecule has 1 N–H and O–H groups in total. The van der Waals surface area contributed by atoms with Crippen molar-refractivity contribution in [1.82, 2.24) is 10.2 Å². The van der Waals surface area contributed by atoms with Crippen LogP contribution in [0.15, 0.2) is 22.8 Å². The number of nitrogens with zero attached hydrogens (tertiary/aromatic N) is 1. The lowest BCUT2D eigenvalue weighted by Gasteiger charge is -2.32. The Labute approximate surface area is 125 Å². The molecule has 0 bridgehead atoms. The van der Waals surface area contributed by atoms with Gasteiger partial charge in [-0.15, -0.1) is 0 Å². The van der Waals surface area contributed by atoms with Crippen molar-refractivity contribution in [2.24, 2.45) is 11.8 Å². The lowest BCUT2D eigenvalue weighted by atomic mass is 9.95. The lowest BCUT2D eigenvalue weighted by Crippen LogP contribution is -2.44. The predicted octanol–water partition coefficient (Wildman–Crippen LogP) is 1.83. The summed E-state index contributed by atoms with van der Waals surface area (Å²) in [5, 5.41) is 2.96. The maximum atomic E-state index is 12.1. The highest BCUT2D eigenvalue weighted by molar-refractivity contribution is 5.80. The topological polar surface area (TPSA) is 62.6 Å². The average Bonchev–Trinajstić information content (AvgIpc) is 2.99. The Morgan fingerprint density at radius 1 is 1.38 bits per heavy atom. The Hall–Kier alpha value is -1.78. The molecule has 1 saturated heterocycles. The standard InChI is InChI=1S/C16H24N2O3/c1-12(2)16(20)18-9-6-13(7-10-18)15(19)17-8-5-14-4-3-11-21-14/h3-4,11-13H,5-10H2,1-2H3,(H,17,19). The van der Waals surface area contributed by atoms with Gasteiger partial charge in [-0.25, -0.2) is 0 Å². The number of rotatable bonds is 5. The maximum absolute atomic E-state index is 12.1. The number of furan rings is 1. The highest BCUT2D eigenvalue weighted by atomic mass is 16.3. The van der Waals surface area contributed by atoms with E-state index in [-0.39, 0.29) is 23.7 Å². The average molecular weight is 292 g/mol. The van der Waals surface area contributed by atoms with E-state index in [1.807, 2.05) is 30.9 Å². The van der Waals surface area contributed by atoms with Crippen LogP contribution in [0, 0.1) is 11.8 Å². The van der Waals surface area contributed by atoms with E-state index >= 15 is 0 Å². The summed E-state index contributed by atoms with van der Waals surface area (Å²) in [5.41, 5.74) is 0. The van der Waals surface area contributed by atoms with Gasteiger partial charge in [-0.2, -0.15) is 0 Å². The zero-order valence-electron chi connectivity index (χ0n) is 12.8. The van der Waals surface area contributed by atoms with Gasteiger partial charge in [-0.05, 0) is 25.0 Å². The molecule has 2 amide bonds. The molecule has 116 valence electrons. The summed E-state index contributed by atoms with van der Waals surface area (Å²) in [6.07, 6.45) is 3.86. The fourth-order valence-corrected chi connectivity index (χ4v) is 2.64. The van der Waals surface area contributed by atoms with Gasteiger partial charge in [0.2, 0.25) is 11.8 Å². The molecule has 21 heavy (non-hydrogen) atoms. The van der Waals surface area contributed by atoms with E-state index in [4.69, 9.17) is 4.42 Å². The van der Waals surface area contributed by atoms with Gasteiger partial charge < -0.3 is 14.6 Å². The van der Waals surface area contributed by atoms with Crippen molar-refractivity contribution in [3.05, 3.63) is 24.2 Å². The van der Waals surface area contributed by atoms with Gasteiger partial charge in [0.25, 0.3) is 0 Å². The molecule has 0 aliphatic carbocycles. The first-order chi connectivity index (χ1) is 10.1. The van der Waals surface area contributed by atoms with Crippen LogP contribution < -0.4 is 5.32 Å². The van der Waals surface area contributed by atoms with E-state index < -0.39 is 0 Å². The van der Waals surface area contributed by atoms with E-state index in [0.29, 0.717) is 26.1 Å². The van der Waals surface area contributed by atoms with Crippen LogP contribution >= 0.6 is 0 Å². The summed E-state index contributed by atoms with van der Waals surface area (Å²) in [6.45, 7) is 5.80. The Balaban J connectivity index is 1.69. The minimum atomic E-state index is 0.0258. The van der Waals surface area contributed by atoms with Crippen molar-refractivity contribution in [3.63, 3.8) is 0 Å². The van der Waals surface area contributed by atoms with Crippen LogP contribution in [-0.2, 0) is 16.0 Å². The van der Waals surface area contributed by atoms with Gasteiger partial charge >= 0.3 is 0 Å². The van der Waals surface area contributed by atoms with E-state index in [1.54, 1.807) is 6.26 Å². The fraction of sp³-hybridized carbons (Fsp3) is 0.625. The Morgan fingerprint density at radius 3 is 2.67 bits per heavy atom. The smallest absolute Gasteiger partial charge is 0.225 e. The highest BCUT2D eigenvalue weighted by Crippen LogP contribution is 2.19. The fourth-order valence-electron chi connectivity index (χ4n) is 2.64. The number of carbonyl (C=O) groups is 2. The number of piperidine rings is 1. The second-order valence-electron chi connectivity index (χ2n) is 5.87. The van der Waals surface area contributed by atoms with Gasteiger partial charge in [0.15, 0.2) is 0 Å². The first kappa shape index (κ1) is 15.6. The molecule has 0 atom stereocenters. The molecule has 5 heteroatoms. The van der Waals surface area contributed by atoms with Gasteiger partial charge in [-0.1, -0.05) is 13.8 Å². The summed E-state index contributed by atoms with van der Waals surface area (Å²) in [4.78, 5) is 25.9. The molecule has 1 aromatic rings. The molecular formula is C16H24N2O3. The number of amides is 2. The van der Waals surface area contributed by atoms with Crippen LogP contribution in [-0.4, -0.2) is 36.3 Å². The maximum Gasteiger partial charge on any atom is 0.225 e. The van der Waals surface area contributed by atoms with Crippen LogP contribution in [0.4, 0.5) is 0 Å². The number of carbonyl (C=O) groups excluding carboxylic acids is 2. The van der Waals surface area contributed by atoms with Crippen LogP contribution in [0.2, 0.25) is 0 Å². The normalized spacial score (nSPS) is 16.2. The van der Waals surface area contributed by atoms with Gasteiger partial charge in [0, 0.05) is 37.9 Å². The number of nitrogens with one attached hydrogen (secondary N) is 1. The largest absolute Gasteiger partial charge is 0.469 e. The summed E-state index contributed by atoms with van der Waals surface area (Å²) in [7, 11) is 0. The van der Waals surface area contributed by atoms with E-state index in [9.17, 15) is 9.59 Å². The SMILES string of the molecule is CC(C)C(=O)N1CCC(C(=O)NCCc2ccco2)CC1. The van der Waals surface area contributed by atoms with Crippen LogP contribution in [0.1, 0.15) is 32.4 Å². The zero-order chi connectivity index (χ0) is 15.2. The third kappa shape index (κ3) is 4.34. The minimum absolute atomic E-state index is 0.0258. The predicted molar refractivity (Wildman–Crippen MR) is 79.6 cm³/mol. The molecular weight excluding hydrogens is 268 g/mol. The molecule has 0 radical (unpaired) electrons. The van der Waals surface area contributed by atoms with Crippen molar-refractivity contribution < 1.29 is 14.0 Å². The molecule has 2 heterocycles. The molecule has 0 saturated carbocycles. The molecule has 1 aliphatic heterocycles. The molecule has 0 aromatic carbocycles. The third-order valence-electron chi connectivity index (χ3n) is 3.92. The number of hydrogen-bond acceptors (Lipinski definition) is 3. The van der Waals surface area contributed by atoms with Gasteiger partial charge in [0.1, 0.15) is 5.76 Å². The number of likely N-dealkylation sites (tertiary alicyclic amines) is 1.